The van der Waals surface area contributed by atoms with Gasteiger partial charge in [0.1, 0.15) is 11.3 Å². The molecule has 1 amide bonds. The third-order valence-electron chi connectivity index (χ3n) is 3.58. The summed E-state index contributed by atoms with van der Waals surface area (Å²) in [7, 11) is 0. The fourth-order valence-corrected chi connectivity index (χ4v) is 3.71. The van der Waals surface area contributed by atoms with Gasteiger partial charge in [-0.1, -0.05) is 40.2 Å². The van der Waals surface area contributed by atoms with Crippen molar-refractivity contribution in [3.8, 4) is 10.4 Å². The summed E-state index contributed by atoms with van der Waals surface area (Å²) in [6.07, 6.45) is 4.32. The lowest BCUT2D eigenvalue weighted by atomic mass is 10.1. The lowest BCUT2D eigenvalue weighted by Crippen LogP contribution is -2.10. The first-order valence-electron chi connectivity index (χ1n) is 7.61. The van der Waals surface area contributed by atoms with Gasteiger partial charge < -0.3 is 14.8 Å². The minimum absolute atomic E-state index is 0.0846. The Hall–Kier alpha value is -2.64. The number of anilines is 1. The number of hydrogen-bond acceptors (Lipinski definition) is 4. The van der Waals surface area contributed by atoms with Crippen LogP contribution in [-0.2, 0) is 10.1 Å². The molecule has 2 N–H and O–H groups in total. The highest BCUT2D eigenvalue weighted by Crippen LogP contribution is 2.36. The molecule has 0 saturated heterocycles. The minimum Gasteiger partial charge on any atom is -0.478 e. The van der Waals surface area contributed by atoms with Gasteiger partial charge in [-0.2, -0.15) is 0 Å². The van der Waals surface area contributed by atoms with E-state index in [1.165, 1.54) is 29.8 Å². The molecule has 3 rings (SSSR count). The number of rotatable bonds is 6. The van der Waals surface area contributed by atoms with E-state index >= 15 is 0 Å². The van der Waals surface area contributed by atoms with Crippen molar-refractivity contribution >= 4 is 50.9 Å². The van der Waals surface area contributed by atoms with Crippen LogP contribution in [0.2, 0.25) is 0 Å². The third-order valence-corrected chi connectivity index (χ3v) is 5.25. The van der Waals surface area contributed by atoms with E-state index in [0.717, 1.165) is 16.5 Å². The monoisotopic (exact) mass is 431 g/mol. The zero-order valence-corrected chi connectivity index (χ0v) is 15.8. The average molecular weight is 432 g/mol. The van der Waals surface area contributed by atoms with E-state index in [2.05, 4.69) is 21.2 Å². The maximum atomic E-state index is 12.1. The number of carboxylic acid groups (broad SMARTS) is 1. The molecule has 2 aromatic heterocycles. The van der Waals surface area contributed by atoms with Crippen molar-refractivity contribution in [2.75, 3.05) is 5.32 Å². The van der Waals surface area contributed by atoms with Crippen LogP contribution in [0, 0.1) is 0 Å². The second kappa shape index (κ2) is 8.16. The van der Waals surface area contributed by atoms with Gasteiger partial charge in [-0.15, -0.1) is 11.3 Å². The van der Waals surface area contributed by atoms with E-state index in [0.29, 0.717) is 10.6 Å². The van der Waals surface area contributed by atoms with Crippen molar-refractivity contribution in [1.82, 2.24) is 0 Å². The summed E-state index contributed by atoms with van der Waals surface area (Å²) in [5.74, 6) is -0.976. The Balaban J connectivity index is 1.84. The minimum atomic E-state index is -1.09. The number of carboxylic acids is 1. The number of halogens is 1. The van der Waals surface area contributed by atoms with Crippen molar-refractivity contribution in [1.29, 1.82) is 0 Å². The van der Waals surface area contributed by atoms with E-state index in [1.54, 1.807) is 17.5 Å². The molecule has 26 heavy (non-hydrogen) atoms. The topological polar surface area (TPSA) is 79.5 Å². The molecule has 1 aromatic carbocycles. The Morgan fingerprint density at radius 3 is 2.62 bits per heavy atom. The maximum absolute atomic E-state index is 12.1. The number of alkyl halides is 1. The van der Waals surface area contributed by atoms with E-state index in [-0.39, 0.29) is 11.3 Å². The quantitative estimate of drug-likeness (QED) is 0.412. The molecule has 0 saturated carbocycles. The summed E-state index contributed by atoms with van der Waals surface area (Å²) in [4.78, 5) is 24.4. The Morgan fingerprint density at radius 2 is 2.00 bits per heavy atom. The average Bonchev–Trinajstić information content (AvgIpc) is 3.30. The zero-order chi connectivity index (χ0) is 18.5. The van der Waals surface area contributed by atoms with Gasteiger partial charge in [-0.05, 0) is 29.3 Å². The van der Waals surface area contributed by atoms with Crippen LogP contribution in [0.1, 0.15) is 21.7 Å². The zero-order valence-electron chi connectivity index (χ0n) is 13.4. The van der Waals surface area contributed by atoms with Gasteiger partial charge in [0.15, 0.2) is 0 Å². The molecule has 0 aliphatic rings. The second-order valence-electron chi connectivity index (χ2n) is 5.33. The smallest absolute Gasteiger partial charge is 0.339 e. The maximum Gasteiger partial charge on any atom is 0.339 e. The van der Waals surface area contributed by atoms with Crippen LogP contribution in [0.25, 0.3) is 16.5 Å². The van der Waals surface area contributed by atoms with Crippen molar-refractivity contribution in [3.63, 3.8) is 0 Å². The Morgan fingerprint density at radius 1 is 1.23 bits per heavy atom. The van der Waals surface area contributed by atoms with E-state index in [4.69, 9.17) is 4.42 Å². The van der Waals surface area contributed by atoms with Gasteiger partial charge in [0.05, 0.1) is 16.8 Å². The second-order valence-corrected chi connectivity index (χ2v) is 6.77. The van der Waals surface area contributed by atoms with Gasteiger partial charge in [0.2, 0.25) is 5.91 Å². The molecule has 0 aliphatic carbocycles. The van der Waals surface area contributed by atoms with Crippen molar-refractivity contribution in [2.45, 2.75) is 5.33 Å². The summed E-state index contributed by atoms with van der Waals surface area (Å²) < 4.78 is 5.11. The first-order valence-corrected chi connectivity index (χ1v) is 9.61. The van der Waals surface area contributed by atoms with Crippen molar-refractivity contribution < 1.29 is 19.1 Å². The summed E-state index contributed by atoms with van der Waals surface area (Å²) in [6.45, 7) is 0. The number of furan rings is 1. The molecule has 0 unspecified atom stereocenters. The first kappa shape index (κ1) is 18.2. The molecule has 0 fully saturated rings. The summed E-state index contributed by atoms with van der Waals surface area (Å²) in [5, 5.41) is 14.6. The van der Waals surface area contributed by atoms with E-state index in [1.807, 2.05) is 24.3 Å². The predicted molar refractivity (Wildman–Crippen MR) is 106 cm³/mol. The number of benzene rings is 1. The van der Waals surface area contributed by atoms with Crippen molar-refractivity contribution in [2.24, 2.45) is 0 Å². The van der Waals surface area contributed by atoms with E-state index < -0.39 is 11.9 Å². The molecule has 0 bridgehead atoms. The fraction of sp³-hybridized carbons (Fsp3) is 0.0526. The molecule has 3 aromatic rings. The molecule has 0 radical (unpaired) electrons. The first-order chi connectivity index (χ1) is 12.6. The number of nitrogens with one attached hydrogen (secondary N) is 1. The number of amides is 1. The van der Waals surface area contributed by atoms with Gasteiger partial charge >= 0.3 is 5.97 Å². The molecule has 0 aliphatic heterocycles. The number of aromatic carboxylic acids is 1. The van der Waals surface area contributed by atoms with Crippen molar-refractivity contribution in [3.05, 3.63) is 71.0 Å². The molecule has 132 valence electrons. The van der Waals surface area contributed by atoms with Crippen LogP contribution in [-0.4, -0.2) is 17.0 Å². The number of thiophene rings is 1. The Labute approximate surface area is 162 Å². The van der Waals surface area contributed by atoms with E-state index in [9.17, 15) is 14.7 Å². The largest absolute Gasteiger partial charge is 0.478 e. The summed E-state index contributed by atoms with van der Waals surface area (Å²) in [5.41, 5.74) is 2.25. The van der Waals surface area contributed by atoms with Crippen LogP contribution < -0.4 is 5.32 Å². The highest BCUT2D eigenvalue weighted by atomic mass is 79.9. The number of carbonyl (C=O) groups excluding carboxylic acids is 1. The van der Waals surface area contributed by atoms with Gasteiger partial charge in [-0.3, -0.25) is 4.79 Å². The molecular weight excluding hydrogens is 418 g/mol. The van der Waals surface area contributed by atoms with Gasteiger partial charge in [0.25, 0.3) is 0 Å². The highest BCUT2D eigenvalue weighted by Gasteiger charge is 2.20. The molecular formula is C19H14BrNO4S. The van der Waals surface area contributed by atoms with Crippen LogP contribution in [0.15, 0.2) is 58.5 Å². The third kappa shape index (κ3) is 4.12. The molecule has 5 nitrogen and oxygen atoms in total. The molecule has 0 spiro atoms. The summed E-state index contributed by atoms with van der Waals surface area (Å²) in [6, 6.07) is 11.0. The van der Waals surface area contributed by atoms with Gasteiger partial charge in [-0.25, -0.2) is 4.79 Å². The van der Waals surface area contributed by atoms with Crippen LogP contribution in [0.3, 0.4) is 0 Å². The summed E-state index contributed by atoms with van der Waals surface area (Å²) >= 11 is 4.66. The van der Waals surface area contributed by atoms with Crippen LogP contribution in [0.4, 0.5) is 5.69 Å². The Kier molecular flexibility index (Phi) is 5.70. The highest BCUT2D eigenvalue weighted by molar-refractivity contribution is 9.08. The van der Waals surface area contributed by atoms with Gasteiger partial charge in [0, 0.05) is 16.8 Å². The predicted octanol–water partition coefficient (Wildman–Crippen LogP) is 5.25. The molecule has 0 atom stereocenters. The van der Waals surface area contributed by atoms with Crippen LogP contribution in [0.5, 0.6) is 0 Å². The normalized spacial score (nSPS) is 11.0. The molecule has 7 heteroatoms. The SMILES string of the molecule is O=C(C=Cc1ccco1)Nc1csc(-c2ccc(CBr)cc2)c1C(=O)O. The number of carbonyl (C=O) groups is 2. The standard InChI is InChI=1S/C19H14BrNO4S/c20-10-12-3-5-13(6-4-12)18-17(19(23)24)15(11-26-18)21-16(22)8-7-14-2-1-9-25-14/h1-9,11H,10H2,(H,21,22)(H,23,24). The fourth-order valence-electron chi connectivity index (χ4n) is 2.34. The molecule has 2 heterocycles. The lowest BCUT2D eigenvalue weighted by molar-refractivity contribution is -0.111. The van der Waals surface area contributed by atoms with Crippen LogP contribution >= 0.6 is 27.3 Å². The lowest BCUT2D eigenvalue weighted by Gasteiger charge is -2.05. The number of hydrogen-bond donors (Lipinski definition) is 2. The Bertz CT molecular complexity index is 943.